The molecule has 0 atom stereocenters. The number of aromatic nitrogens is 2. The van der Waals surface area contributed by atoms with E-state index in [0.717, 1.165) is 28.7 Å². The van der Waals surface area contributed by atoms with E-state index in [1.54, 1.807) is 6.07 Å². The minimum Gasteiger partial charge on any atom is -0.327 e. The van der Waals surface area contributed by atoms with Crippen LogP contribution in [-0.2, 0) is 19.4 Å². The molecule has 0 spiro atoms. The van der Waals surface area contributed by atoms with Gasteiger partial charge in [-0.1, -0.05) is 15.9 Å². The second kappa shape index (κ2) is 5.60. The van der Waals surface area contributed by atoms with E-state index in [2.05, 4.69) is 25.5 Å². The summed E-state index contributed by atoms with van der Waals surface area (Å²) in [5.74, 6) is 0.944. The van der Waals surface area contributed by atoms with Gasteiger partial charge < -0.3 is 4.57 Å². The van der Waals surface area contributed by atoms with Crippen molar-refractivity contribution >= 4 is 21.6 Å². The van der Waals surface area contributed by atoms with Crippen LogP contribution in [0.15, 0.2) is 22.7 Å². The number of aryl methyl sites for hydroxylation is 2. The fraction of sp³-hybridized carbons (Fsp3) is 0.400. The van der Waals surface area contributed by atoms with Crippen molar-refractivity contribution < 1.29 is 4.92 Å². The Morgan fingerprint density at radius 3 is 2.90 bits per heavy atom. The molecule has 0 unspecified atom stereocenters. The first kappa shape index (κ1) is 14.3. The van der Waals surface area contributed by atoms with E-state index < -0.39 is 0 Å². The first-order valence-electron chi connectivity index (χ1n) is 7.04. The van der Waals surface area contributed by atoms with Crippen LogP contribution in [-0.4, -0.2) is 14.5 Å². The van der Waals surface area contributed by atoms with Crippen LogP contribution >= 0.6 is 15.9 Å². The van der Waals surface area contributed by atoms with Crippen molar-refractivity contribution in [2.24, 2.45) is 0 Å². The molecule has 3 rings (SSSR count). The molecule has 5 nitrogen and oxygen atoms in total. The van der Waals surface area contributed by atoms with Gasteiger partial charge in [0.15, 0.2) is 0 Å². The smallest absolute Gasteiger partial charge is 0.275 e. The van der Waals surface area contributed by atoms with Crippen molar-refractivity contribution in [1.82, 2.24) is 9.55 Å². The normalized spacial score (nSPS) is 14.0. The predicted molar refractivity (Wildman–Crippen MR) is 83.5 cm³/mol. The highest BCUT2D eigenvalue weighted by Gasteiger charge is 2.21. The zero-order valence-corrected chi connectivity index (χ0v) is 13.4. The van der Waals surface area contributed by atoms with Gasteiger partial charge in [-0.3, -0.25) is 10.1 Å². The van der Waals surface area contributed by atoms with Crippen LogP contribution in [0, 0.1) is 17.0 Å². The van der Waals surface area contributed by atoms with Crippen LogP contribution in [0.25, 0.3) is 0 Å². The van der Waals surface area contributed by atoms with Crippen molar-refractivity contribution in [2.45, 2.75) is 39.2 Å². The van der Waals surface area contributed by atoms with Gasteiger partial charge in [0.05, 0.1) is 17.2 Å². The number of hydrogen-bond donors (Lipinski definition) is 0. The lowest BCUT2D eigenvalue weighted by molar-refractivity contribution is -0.385. The van der Waals surface area contributed by atoms with Crippen LogP contribution in [0.2, 0.25) is 0 Å². The Balaban J connectivity index is 2.01. The van der Waals surface area contributed by atoms with E-state index in [1.807, 2.05) is 19.1 Å². The number of nitrogens with zero attached hydrogens (tertiary/aromatic N) is 3. The Labute approximate surface area is 131 Å². The lowest BCUT2D eigenvalue weighted by atomic mass is 10.0. The predicted octanol–water partition coefficient (Wildman–Crippen LogP) is 3.79. The molecule has 0 bridgehead atoms. The quantitative estimate of drug-likeness (QED) is 0.625. The molecule has 1 heterocycles. The number of fused-ring (bicyclic) bond motifs is 1. The topological polar surface area (TPSA) is 61.0 Å². The van der Waals surface area contributed by atoms with Gasteiger partial charge in [0, 0.05) is 21.8 Å². The van der Waals surface area contributed by atoms with Crippen molar-refractivity contribution in [3.63, 3.8) is 0 Å². The molecule has 0 aliphatic heterocycles. The minimum atomic E-state index is -0.321. The van der Waals surface area contributed by atoms with E-state index in [-0.39, 0.29) is 10.6 Å². The van der Waals surface area contributed by atoms with Crippen molar-refractivity contribution in [3.8, 4) is 0 Å². The van der Waals surface area contributed by atoms with Gasteiger partial charge in [-0.05, 0) is 44.7 Å². The summed E-state index contributed by atoms with van der Waals surface area (Å²) in [7, 11) is 0. The van der Waals surface area contributed by atoms with Gasteiger partial charge in [-0.25, -0.2) is 4.98 Å². The summed E-state index contributed by atoms with van der Waals surface area (Å²) in [6, 6.07) is 5.23. The van der Waals surface area contributed by atoms with E-state index in [1.165, 1.54) is 24.2 Å². The first-order valence-corrected chi connectivity index (χ1v) is 7.83. The highest BCUT2D eigenvalue weighted by Crippen LogP contribution is 2.27. The number of rotatable bonds is 3. The Morgan fingerprint density at radius 2 is 2.14 bits per heavy atom. The third-order valence-corrected chi connectivity index (χ3v) is 4.49. The molecule has 0 amide bonds. The average molecular weight is 350 g/mol. The summed E-state index contributed by atoms with van der Waals surface area (Å²) >= 11 is 3.29. The van der Waals surface area contributed by atoms with Gasteiger partial charge in [0.25, 0.3) is 5.69 Å². The van der Waals surface area contributed by atoms with Gasteiger partial charge in [-0.2, -0.15) is 0 Å². The number of halogens is 1. The number of nitro benzene ring substituents is 1. The van der Waals surface area contributed by atoms with Gasteiger partial charge >= 0.3 is 0 Å². The number of benzene rings is 1. The van der Waals surface area contributed by atoms with Crippen LogP contribution in [0.4, 0.5) is 5.69 Å². The van der Waals surface area contributed by atoms with Crippen LogP contribution < -0.4 is 0 Å². The third kappa shape index (κ3) is 2.72. The molecule has 0 radical (unpaired) electrons. The molecular weight excluding hydrogens is 334 g/mol. The summed E-state index contributed by atoms with van der Waals surface area (Å²) in [4.78, 5) is 15.5. The molecule has 1 aliphatic rings. The van der Waals surface area contributed by atoms with E-state index >= 15 is 0 Å². The van der Waals surface area contributed by atoms with E-state index in [0.29, 0.717) is 6.54 Å². The van der Waals surface area contributed by atoms with E-state index in [9.17, 15) is 10.1 Å². The van der Waals surface area contributed by atoms with Gasteiger partial charge in [-0.15, -0.1) is 0 Å². The minimum absolute atomic E-state index is 0.155. The summed E-state index contributed by atoms with van der Waals surface area (Å²) in [5.41, 5.74) is 3.29. The molecule has 0 saturated carbocycles. The van der Waals surface area contributed by atoms with Gasteiger partial charge in [0.1, 0.15) is 5.82 Å². The van der Waals surface area contributed by atoms with Crippen LogP contribution in [0.3, 0.4) is 0 Å². The van der Waals surface area contributed by atoms with Crippen molar-refractivity contribution in [2.75, 3.05) is 0 Å². The highest BCUT2D eigenvalue weighted by molar-refractivity contribution is 9.10. The Bertz CT molecular complexity index is 709. The number of nitro groups is 1. The zero-order valence-electron chi connectivity index (χ0n) is 11.8. The van der Waals surface area contributed by atoms with E-state index in [4.69, 9.17) is 0 Å². The Kier molecular flexibility index (Phi) is 3.80. The maximum atomic E-state index is 11.2. The standard InChI is InChI=1S/C15H16BrN3O2/c1-10-17-13-4-2-3-5-14(13)18(10)9-11-6-7-12(16)8-15(11)19(20)21/h6-8H,2-5,9H2,1H3. The van der Waals surface area contributed by atoms with Gasteiger partial charge in [0.2, 0.25) is 0 Å². The fourth-order valence-corrected chi connectivity index (χ4v) is 3.31. The maximum Gasteiger partial charge on any atom is 0.275 e. The monoisotopic (exact) mass is 349 g/mol. The van der Waals surface area contributed by atoms with Crippen LogP contribution in [0.5, 0.6) is 0 Å². The molecular formula is C15H16BrN3O2. The Morgan fingerprint density at radius 1 is 1.38 bits per heavy atom. The summed E-state index contributed by atoms with van der Waals surface area (Å²) < 4.78 is 2.85. The molecule has 2 aromatic rings. The SMILES string of the molecule is Cc1nc2c(n1Cc1ccc(Br)cc1[N+](=O)[O-])CCCC2. The highest BCUT2D eigenvalue weighted by atomic mass is 79.9. The Hall–Kier alpha value is -1.69. The average Bonchev–Trinajstić information content (AvgIpc) is 2.77. The first-order chi connectivity index (χ1) is 10.1. The molecule has 0 N–H and O–H groups in total. The molecule has 1 aromatic heterocycles. The lowest BCUT2D eigenvalue weighted by Crippen LogP contribution is -2.11. The summed E-state index contributed by atoms with van der Waals surface area (Å²) in [6.07, 6.45) is 4.38. The molecule has 1 aliphatic carbocycles. The maximum absolute atomic E-state index is 11.2. The lowest BCUT2D eigenvalue weighted by Gasteiger charge is -2.15. The summed E-state index contributed by atoms with van der Waals surface area (Å²) in [6.45, 7) is 2.49. The molecule has 0 fully saturated rings. The third-order valence-electron chi connectivity index (χ3n) is 4.00. The molecule has 6 heteroatoms. The number of hydrogen-bond acceptors (Lipinski definition) is 3. The largest absolute Gasteiger partial charge is 0.327 e. The molecule has 1 aromatic carbocycles. The zero-order chi connectivity index (χ0) is 15.0. The van der Waals surface area contributed by atoms with Crippen LogP contribution in [0.1, 0.15) is 35.6 Å². The molecule has 110 valence electrons. The second-order valence-corrected chi connectivity index (χ2v) is 6.29. The summed E-state index contributed by atoms with van der Waals surface area (Å²) in [5, 5.41) is 11.2. The second-order valence-electron chi connectivity index (χ2n) is 5.38. The van der Waals surface area contributed by atoms with Crippen molar-refractivity contribution in [3.05, 3.63) is 55.6 Å². The van der Waals surface area contributed by atoms with Crippen molar-refractivity contribution in [1.29, 1.82) is 0 Å². The fourth-order valence-electron chi connectivity index (χ4n) is 2.96. The molecule has 0 saturated heterocycles. The molecule has 21 heavy (non-hydrogen) atoms. The number of imidazole rings is 1.